The van der Waals surface area contributed by atoms with Crippen molar-refractivity contribution in [2.75, 3.05) is 11.5 Å². The molecular weight excluding hydrogens is 302 g/mol. The smallest absolute Gasteiger partial charge is 0.231 e. The Morgan fingerprint density at radius 3 is 2.68 bits per heavy atom. The molecule has 1 atom stereocenters. The van der Waals surface area contributed by atoms with Crippen LogP contribution in [0, 0.1) is 0 Å². The zero-order valence-corrected chi connectivity index (χ0v) is 12.9. The molecule has 2 rings (SSSR count). The van der Waals surface area contributed by atoms with Crippen LogP contribution in [0.3, 0.4) is 0 Å². The summed E-state index contributed by atoms with van der Waals surface area (Å²) >= 11 is 1.15. The number of rotatable bonds is 7. The molecule has 1 heterocycles. The molecule has 0 aliphatic carbocycles. The zero-order chi connectivity index (χ0) is 15.9. The summed E-state index contributed by atoms with van der Waals surface area (Å²) in [7, 11) is 0. The highest BCUT2D eigenvalue weighted by Crippen LogP contribution is 2.12. The van der Waals surface area contributed by atoms with Crippen LogP contribution < -0.4 is 11.1 Å². The second-order valence-electron chi connectivity index (χ2n) is 4.71. The highest BCUT2D eigenvalue weighted by molar-refractivity contribution is 7.99. The normalized spacial score (nSPS) is 11.9. The van der Waals surface area contributed by atoms with Crippen LogP contribution in [0.25, 0.3) is 0 Å². The second kappa shape index (κ2) is 7.60. The van der Waals surface area contributed by atoms with E-state index >= 15 is 0 Å². The van der Waals surface area contributed by atoms with E-state index in [1.165, 1.54) is 6.92 Å². The summed E-state index contributed by atoms with van der Waals surface area (Å²) in [6, 6.07) is 9.02. The number of aromatic amines is 1. The molecule has 0 unspecified atom stereocenters. The van der Waals surface area contributed by atoms with Crippen molar-refractivity contribution in [2.45, 2.75) is 24.5 Å². The third-order valence-corrected chi connectivity index (χ3v) is 3.77. The van der Waals surface area contributed by atoms with Crippen molar-refractivity contribution in [3.63, 3.8) is 0 Å². The van der Waals surface area contributed by atoms with Crippen LogP contribution in [0.4, 0.5) is 5.95 Å². The number of hydrogen-bond acceptors (Lipinski definition) is 6. The topological polar surface area (TPSA) is 114 Å². The summed E-state index contributed by atoms with van der Waals surface area (Å²) in [5.41, 5.74) is 6.40. The van der Waals surface area contributed by atoms with Crippen LogP contribution in [-0.2, 0) is 16.0 Å². The number of Topliss-reactive ketones (excluding diaryl/α,β-unsaturated/α-hetero) is 1. The van der Waals surface area contributed by atoms with Gasteiger partial charge >= 0.3 is 0 Å². The number of benzene rings is 1. The molecule has 0 saturated heterocycles. The highest BCUT2D eigenvalue weighted by Gasteiger charge is 2.18. The van der Waals surface area contributed by atoms with Crippen LogP contribution in [0.2, 0.25) is 0 Å². The first kappa shape index (κ1) is 16.0. The Balaban J connectivity index is 1.87. The van der Waals surface area contributed by atoms with E-state index in [1.54, 1.807) is 0 Å². The van der Waals surface area contributed by atoms with Crippen LogP contribution in [0.15, 0.2) is 35.5 Å². The van der Waals surface area contributed by atoms with Crippen molar-refractivity contribution in [3.05, 3.63) is 35.9 Å². The molecule has 0 aliphatic heterocycles. The van der Waals surface area contributed by atoms with Gasteiger partial charge in [-0.1, -0.05) is 42.1 Å². The van der Waals surface area contributed by atoms with Gasteiger partial charge in [0.15, 0.2) is 5.78 Å². The fourth-order valence-corrected chi connectivity index (χ4v) is 2.45. The standard InChI is InChI=1S/C14H17N5O2S/c1-9(20)11(7-10-5-3-2-4-6-10)16-12(21)8-22-14-17-13(15)18-19-14/h2-6,11H,7-8H2,1H3,(H,16,21)(H3,15,17,18,19)/t11-/m0/s1. The van der Waals surface area contributed by atoms with Crippen molar-refractivity contribution < 1.29 is 9.59 Å². The van der Waals surface area contributed by atoms with Crippen molar-refractivity contribution in [2.24, 2.45) is 0 Å². The van der Waals surface area contributed by atoms with Gasteiger partial charge in [-0.05, 0) is 18.9 Å². The minimum atomic E-state index is -0.535. The SMILES string of the molecule is CC(=O)[C@H](Cc1ccccc1)NC(=O)CSc1n[nH]c(N)n1. The number of nitrogens with zero attached hydrogens (tertiary/aromatic N) is 2. The van der Waals surface area contributed by atoms with Crippen molar-refractivity contribution >= 4 is 29.4 Å². The summed E-state index contributed by atoms with van der Waals surface area (Å²) in [6.07, 6.45) is 0.472. The number of aromatic nitrogens is 3. The quantitative estimate of drug-likeness (QED) is 0.650. The van der Waals surface area contributed by atoms with Gasteiger partial charge in [0.2, 0.25) is 17.0 Å². The summed E-state index contributed by atoms with van der Waals surface area (Å²) in [4.78, 5) is 27.5. The van der Waals surface area contributed by atoms with Crippen LogP contribution in [-0.4, -0.2) is 38.7 Å². The Morgan fingerprint density at radius 1 is 1.36 bits per heavy atom. The van der Waals surface area contributed by atoms with Crippen molar-refractivity contribution in [1.29, 1.82) is 0 Å². The number of nitrogens with one attached hydrogen (secondary N) is 2. The molecule has 116 valence electrons. The average Bonchev–Trinajstić information content (AvgIpc) is 2.91. The maximum atomic E-state index is 11.9. The molecule has 0 fully saturated rings. The number of amides is 1. The van der Waals surface area contributed by atoms with Gasteiger partial charge in [0, 0.05) is 0 Å². The Morgan fingerprint density at radius 2 is 2.09 bits per heavy atom. The van der Waals surface area contributed by atoms with E-state index in [2.05, 4.69) is 20.5 Å². The van der Waals surface area contributed by atoms with Crippen LogP contribution in [0.1, 0.15) is 12.5 Å². The highest BCUT2D eigenvalue weighted by atomic mass is 32.2. The number of carbonyl (C=O) groups excluding carboxylic acids is 2. The van der Waals surface area contributed by atoms with Gasteiger partial charge in [-0.25, -0.2) is 5.10 Å². The van der Waals surface area contributed by atoms with Gasteiger partial charge in [0.1, 0.15) is 0 Å². The number of carbonyl (C=O) groups is 2. The third kappa shape index (κ3) is 4.88. The lowest BCUT2D eigenvalue weighted by Crippen LogP contribution is -2.42. The monoisotopic (exact) mass is 319 g/mol. The summed E-state index contributed by atoms with van der Waals surface area (Å²) in [6.45, 7) is 1.47. The molecule has 1 aromatic heterocycles. The number of H-pyrrole nitrogens is 1. The molecule has 0 saturated carbocycles. The number of nitrogens with two attached hydrogens (primary N) is 1. The molecule has 7 nitrogen and oxygen atoms in total. The number of anilines is 1. The number of ketones is 1. The minimum Gasteiger partial charge on any atom is -0.368 e. The maximum Gasteiger partial charge on any atom is 0.231 e. The van der Waals surface area contributed by atoms with E-state index in [4.69, 9.17) is 5.73 Å². The minimum absolute atomic E-state index is 0.0793. The summed E-state index contributed by atoms with van der Waals surface area (Å²) in [5.74, 6) is -0.00184. The van der Waals surface area contributed by atoms with Gasteiger partial charge in [0.05, 0.1) is 11.8 Å². The van der Waals surface area contributed by atoms with E-state index in [0.717, 1.165) is 17.3 Å². The molecule has 0 bridgehead atoms. The Hall–Kier alpha value is -2.35. The van der Waals surface area contributed by atoms with Gasteiger partial charge < -0.3 is 11.1 Å². The Bertz CT molecular complexity index is 644. The summed E-state index contributed by atoms with van der Waals surface area (Å²) < 4.78 is 0. The lowest BCUT2D eigenvalue weighted by molar-refractivity contribution is -0.125. The van der Waals surface area contributed by atoms with Crippen molar-refractivity contribution in [1.82, 2.24) is 20.5 Å². The lowest BCUT2D eigenvalue weighted by atomic mass is 10.0. The van der Waals surface area contributed by atoms with E-state index < -0.39 is 6.04 Å². The number of nitrogen functional groups attached to an aromatic ring is 1. The zero-order valence-electron chi connectivity index (χ0n) is 12.1. The fourth-order valence-electron chi connectivity index (χ4n) is 1.83. The van der Waals surface area contributed by atoms with Gasteiger partial charge in [-0.3, -0.25) is 9.59 Å². The molecule has 2 aromatic rings. The first-order chi connectivity index (χ1) is 10.5. The van der Waals surface area contributed by atoms with Gasteiger partial charge in [-0.2, -0.15) is 4.98 Å². The van der Waals surface area contributed by atoms with Crippen molar-refractivity contribution in [3.8, 4) is 0 Å². The summed E-state index contributed by atoms with van der Waals surface area (Å²) in [5, 5.41) is 9.45. The molecule has 0 radical (unpaired) electrons. The fraction of sp³-hybridized carbons (Fsp3) is 0.286. The van der Waals surface area contributed by atoms with Crippen LogP contribution >= 0.6 is 11.8 Å². The van der Waals surface area contributed by atoms with Gasteiger partial charge in [0.25, 0.3) is 0 Å². The Labute approximate surface area is 132 Å². The lowest BCUT2D eigenvalue weighted by Gasteiger charge is -2.15. The maximum absolute atomic E-state index is 11.9. The molecule has 1 amide bonds. The van der Waals surface area contributed by atoms with Crippen LogP contribution in [0.5, 0.6) is 0 Å². The molecule has 8 heteroatoms. The molecule has 1 aromatic carbocycles. The predicted octanol–water partition coefficient (Wildman–Crippen LogP) is 0.795. The predicted molar refractivity (Wildman–Crippen MR) is 84.3 cm³/mol. The molecule has 22 heavy (non-hydrogen) atoms. The molecule has 0 spiro atoms. The molecule has 0 aliphatic rings. The van der Waals surface area contributed by atoms with E-state index in [1.807, 2.05) is 30.3 Å². The number of hydrogen-bond donors (Lipinski definition) is 3. The largest absolute Gasteiger partial charge is 0.368 e. The molecule has 4 N–H and O–H groups in total. The van der Waals surface area contributed by atoms with E-state index in [-0.39, 0.29) is 23.4 Å². The van der Waals surface area contributed by atoms with E-state index in [0.29, 0.717) is 11.6 Å². The third-order valence-electron chi connectivity index (χ3n) is 2.92. The first-order valence-corrected chi connectivity index (χ1v) is 7.67. The average molecular weight is 319 g/mol. The second-order valence-corrected chi connectivity index (χ2v) is 5.65. The molecular formula is C14H17N5O2S. The van der Waals surface area contributed by atoms with Gasteiger partial charge in [-0.15, -0.1) is 5.10 Å². The number of thioether (sulfide) groups is 1. The van der Waals surface area contributed by atoms with E-state index in [9.17, 15) is 9.59 Å². The first-order valence-electron chi connectivity index (χ1n) is 6.69. The Kier molecular flexibility index (Phi) is 5.54.